The number of anilines is 1. The van der Waals surface area contributed by atoms with E-state index >= 15 is 0 Å². The van der Waals surface area contributed by atoms with Crippen LogP contribution in [0.25, 0.3) is 0 Å². The molecule has 0 N–H and O–H groups in total. The van der Waals surface area contributed by atoms with Crippen LogP contribution in [0, 0.1) is 30.6 Å². The number of hydrogen-bond acceptors (Lipinski definition) is 2. The van der Waals surface area contributed by atoms with E-state index < -0.39 is 0 Å². The molecular formula is C22H21NO2. The molecule has 2 bridgehead atoms. The van der Waals surface area contributed by atoms with Gasteiger partial charge in [-0.3, -0.25) is 9.59 Å². The zero-order valence-electron chi connectivity index (χ0n) is 14.3. The molecule has 0 aromatic heterocycles. The zero-order valence-corrected chi connectivity index (χ0v) is 14.3. The molecule has 5 unspecified atom stereocenters. The van der Waals surface area contributed by atoms with Crippen LogP contribution < -0.4 is 4.90 Å². The van der Waals surface area contributed by atoms with Gasteiger partial charge in [-0.15, -0.1) is 0 Å². The summed E-state index contributed by atoms with van der Waals surface area (Å²) < 4.78 is 0. The maximum Gasteiger partial charge on any atom is 0.238 e. The second-order valence-corrected chi connectivity index (χ2v) is 7.76. The highest BCUT2D eigenvalue weighted by molar-refractivity contribution is 6.23. The number of fused-ring (bicyclic) bond motifs is 5. The number of imide groups is 1. The first-order valence-corrected chi connectivity index (χ1v) is 9.15. The maximum atomic E-state index is 13.2. The van der Waals surface area contributed by atoms with Crippen molar-refractivity contribution in [2.75, 3.05) is 4.90 Å². The molecule has 25 heavy (non-hydrogen) atoms. The normalized spacial score (nSPS) is 33.2. The fraction of sp³-hybridized carbons (Fsp3) is 0.364. The van der Waals surface area contributed by atoms with Gasteiger partial charge in [0.1, 0.15) is 0 Å². The summed E-state index contributed by atoms with van der Waals surface area (Å²) in [6.45, 7) is 1.96. The molecule has 5 rings (SSSR count). The first kappa shape index (κ1) is 14.9. The summed E-state index contributed by atoms with van der Waals surface area (Å²) in [6, 6.07) is 18.2. The highest BCUT2D eigenvalue weighted by atomic mass is 16.2. The van der Waals surface area contributed by atoms with Gasteiger partial charge in [0, 0.05) is 0 Å². The third kappa shape index (κ3) is 1.98. The van der Waals surface area contributed by atoms with Gasteiger partial charge >= 0.3 is 0 Å². The third-order valence-corrected chi connectivity index (χ3v) is 6.60. The second kappa shape index (κ2) is 5.29. The monoisotopic (exact) mass is 331 g/mol. The van der Waals surface area contributed by atoms with E-state index in [2.05, 4.69) is 24.3 Å². The predicted molar refractivity (Wildman–Crippen MR) is 96.0 cm³/mol. The Balaban J connectivity index is 1.52. The molecule has 126 valence electrons. The highest BCUT2D eigenvalue weighted by Gasteiger charge is 2.64. The van der Waals surface area contributed by atoms with E-state index in [1.54, 1.807) is 0 Å². The molecule has 2 aromatic rings. The second-order valence-electron chi connectivity index (χ2n) is 7.76. The number of para-hydroxylation sites is 1. The lowest BCUT2D eigenvalue weighted by Gasteiger charge is -2.28. The van der Waals surface area contributed by atoms with Crippen LogP contribution in [0.3, 0.4) is 0 Å². The molecule has 1 aliphatic heterocycles. The Kier molecular flexibility index (Phi) is 3.15. The minimum Gasteiger partial charge on any atom is -0.274 e. The number of aryl methyl sites for hydroxylation is 1. The summed E-state index contributed by atoms with van der Waals surface area (Å²) in [5.41, 5.74) is 3.07. The molecule has 3 nitrogen and oxygen atoms in total. The van der Waals surface area contributed by atoms with Crippen LogP contribution >= 0.6 is 0 Å². The van der Waals surface area contributed by atoms with Crippen molar-refractivity contribution >= 4 is 17.5 Å². The van der Waals surface area contributed by atoms with Gasteiger partial charge in [0.15, 0.2) is 0 Å². The van der Waals surface area contributed by atoms with Crippen molar-refractivity contribution in [2.24, 2.45) is 23.7 Å². The molecule has 2 amide bonds. The SMILES string of the molecule is Cc1ccccc1N1C(=O)C2C3CC(c4ccccc4)C(C3)C2C1=O. The van der Waals surface area contributed by atoms with Gasteiger partial charge in [0.05, 0.1) is 17.5 Å². The van der Waals surface area contributed by atoms with Crippen LogP contribution in [0.2, 0.25) is 0 Å². The van der Waals surface area contributed by atoms with E-state index in [0.717, 1.165) is 24.1 Å². The Morgan fingerprint density at radius 2 is 1.52 bits per heavy atom. The van der Waals surface area contributed by atoms with E-state index in [9.17, 15) is 9.59 Å². The zero-order chi connectivity index (χ0) is 17.1. The van der Waals surface area contributed by atoms with Gasteiger partial charge < -0.3 is 0 Å². The largest absolute Gasteiger partial charge is 0.274 e. The van der Waals surface area contributed by atoms with Crippen molar-refractivity contribution in [1.29, 1.82) is 0 Å². The Morgan fingerprint density at radius 1 is 0.840 bits per heavy atom. The molecule has 1 saturated heterocycles. The summed E-state index contributed by atoms with van der Waals surface area (Å²) in [5.74, 6) is 0.906. The quantitative estimate of drug-likeness (QED) is 0.782. The molecule has 2 aromatic carbocycles. The standard InChI is InChI=1S/C22H21NO2/c1-13-7-5-6-10-18(13)23-21(24)19-15-11-16(14-8-3-2-4-9-14)17(12-15)20(19)22(23)25/h2-10,15-17,19-20H,11-12H2,1H3. The molecule has 0 radical (unpaired) electrons. The average Bonchev–Trinajstić information content (AvgIpc) is 3.29. The van der Waals surface area contributed by atoms with Crippen LogP contribution in [0.1, 0.15) is 29.9 Å². The Bertz CT molecular complexity index is 859. The smallest absolute Gasteiger partial charge is 0.238 e. The Hall–Kier alpha value is -2.42. The van der Waals surface area contributed by atoms with E-state index in [4.69, 9.17) is 0 Å². The van der Waals surface area contributed by atoms with Crippen molar-refractivity contribution in [3.63, 3.8) is 0 Å². The van der Waals surface area contributed by atoms with Crippen molar-refractivity contribution in [3.8, 4) is 0 Å². The van der Waals surface area contributed by atoms with Crippen LogP contribution in [-0.2, 0) is 9.59 Å². The number of rotatable bonds is 2. The molecule has 5 atom stereocenters. The van der Waals surface area contributed by atoms with Gasteiger partial charge in [0.25, 0.3) is 0 Å². The number of hydrogen-bond donors (Lipinski definition) is 0. The number of carbonyl (C=O) groups is 2. The van der Waals surface area contributed by atoms with Gasteiger partial charge in [-0.1, -0.05) is 48.5 Å². The molecular weight excluding hydrogens is 310 g/mol. The molecule has 3 heteroatoms. The van der Waals surface area contributed by atoms with Crippen molar-refractivity contribution in [2.45, 2.75) is 25.7 Å². The summed E-state index contributed by atoms with van der Waals surface area (Å²) in [6.07, 6.45) is 2.06. The first-order chi connectivity index (χ1) is 12.2. The van der Waals surface area contributed by atoms with E-state index in [1.165, 1.54) is 10.5 Å². The van der Waals surface area contributed by atoms with Gasteiger partial charge in [-0.2, -0.15) is 0 Å². The lowest BCUT2D eigenvalue weighted by Crippen LogP contribution is -2.33. The number of nitrogens with zero attached hydrogens (tertiary/aromatic N) is 1. The fourth-order valence-electron chi connectivity index (χ4n) is 5.59. The van der Waals surface area contributed by atoms with Crippen LogP contribution in [0.5, 0.6) is 0 Å². The summed E-state index contributed by atoms with van der Waals surface area (Å²) in [5, 5.41) is 0. The van der Waals surface area contributed by atoms with Gasteiger partial charge in [-0.05, 0) is 54.7 Å². The molecule has 3 aliphatic rings. The summed E-state index contributed by atoms with van der Waals surface area (Å²) in [7, 11) is 0. The van der Waals surface area contributed by atoms with E-state index in [-0.39, 0.29) is 23.7 Å². The van der Waals surface area contributed by atoms with Crippen molar-refractivity contribution in [3.05, 3.63) is 65.7 Å². The topological polar surface area (TPSA) is 37.4 Å². The Labute approximate surface area is 147 Å². The minimum atomic E-state index is -0.129. The van der Waals surface area contributed by atoms with Gasteiger partial charge in [0.2, 0.25) is 11.8 Å². The highest BCUT2D eigenvalue weighted by Crippen LogP contribution is 2.61. The first-order valence-electron chi connectivity index (χ1n) is 9.15. The van der Waals surface area contributed by atoms with E-state index in [0.29, 0.717) is 17.8 Å². The van der Waals surface area contributed by atoms with Crippen LogP contribution in [-0.4, -0.2) is 11.8 Å². The number of carbonyl (C=O) groups excluding carboxylic acids is 2. The number of benzene rings is 2. The fourth-order valence-corrected chi connectivity index (χ4v) is 5.59. The van der Waals surface area contributed by atoms with E-state index in [1.807, 2.05) is 37.3 Å². The Morgan fingerprint density at radius 3 is 2.28 bits per heavy atom. The van der Waals surface area contributed by atoms with Crippen LogP contribution in [0.15, 0.2) is 54.6 Å². The maximum absolute atomic E-state index is 13.2. The molecule has 2 aliphatic carbocycles. The molecule has 0 spiro atoms. The minimum absolute atomic E-state index is 0.0254. The average molecular weight is 331 g/mol. The molecule has 3 fully saturated rings. The summed E-state index contributed by atoms with van der Waals surface area (Å²) >= 11 is 0. The number of amides is 2. The third-order valence-electron chi connectivity index (χ3n) is 6.60. The lowest BCUT2D eigenvalue weighted by molar-refractivity contribution is -0.123. The summed E-state index contributed by atoms with van der Waals surface area (Å²) in [4.78, 5) is 27.8. The van der Waals surface area contributed by atoms with Gasteiger partial charge in [-0.25, -0.2) is 4.90 Å². The molecule has 1 heterocycles. The van der Waals surface area contributed by atoms with Crippen LogP contribution in [0.4, 0.5) is 5.69 Å². The van der Waals surface area contributed by atoms with Crippen molar-refractivity contribution in [1.82, 2.24) is 0 Å². The predicted octanol–water partition coefficient (Wildman–Crippen LogP) is 3.92. The molecule has 2 saturated carbocycles. The van der Waals surface area contributed by atoms with Crippen molar-refractivity contribution < 1.29 is 9.59 Å². The lowest BCUT2D eigenvalue weighted by atomic mass is 9.73.